The molecule has 2 saturated heterocycles. The lowest BCUT2D eigenvalue weighted by atomic mass is 9.85. The first-order chi connectivity index (χ1) is 9.22. The van der Waals surface area contributed by atoms with Crippen LogP contribution in [-0.4, -0.2) is 61.7 Å². The minimum absolute atomic E-state index is 0.774. The molecule has 4 unspecified atom stereocenters. The second kappa shape index (κ2) is 6.11. The first-order valence-corrected chi connectivity index (χ1v) is 8.37. The molecule has 19 heavy (non-hydrogen) atoms. The molecule has 0 bridgehead atoms. The van der Waals surface area contributed by atoms with Gasteiger partial charge in [0.2, 0.25) is 0 Å². The molecule has 3 aliphatic rings. The fraction of sp³-hybridized carbons (Fsp3) is 1.00. The van der Waals surface area contributed by atoms with Crippen LogP contribution in [0.1, 0.15) is 44.9 Å². The van der Waals surface area contributed by atoms with Crippen molar-refractivity contribution in [3.63, 3.8) is 0 Å². The van der Waals surface area contributed by atoms with Gasteiger partial charge in [-0.25, -0.2) is 0 Å². The maximum Gasteiger partial charge on any atom is 0.0224 e. The SMILES string of the molecule is CN(C)CC1CCCN1CC1CC2CCCCC2N1. The third-order valence-corrected chi connectivity index (χ3v) is 5.48. The molecule has 2 heterocycles. The molecule has 3 nitrogen and oxygen atoms in total. The predicted molar refractivity (Wildman–Crippen MR) is 80.4 cm³/mol. The summed E-state index contributed by atoms with van der Waals surface area (Å²) in [5.74, 6) is 0.994. The third-order valence-electron chi connectivity index (χ3n) is 5.48. The number of fused-ring (bicyclic) bond motifs is 1. The summed E-state index contributed by atoms with van der Waals surface area (Å²) in [5, 5.41) is 3.94. The van der Waals surface area contributed by atoms with Gasteiger partial charge in [-0.3, -0.25) is 4.90 Å². The fourth-order valence-electron chi connectivity index (χ4n) is 4.62. The standard InChI is InChI=1S/C16H31N3/c1-18(2)12-15-7-5-9-19(15)11-14-10-13-6-3-4-8-16(13)17-14/h13-17H,3-12H2,1-2H3. The van der Waals surface area contributed by atoms with E-state index in [-0.39, 0.29) is 0 Å². The molecule has 0 amide bonds. The zero-order chi connectivity index (χ0) is 13.2. The Bertz CT molecular complexity index is 278. The Morgan fingerprint density at radius 2 is 1.95 bits per heavy atom. The molecule has 110 valence electrons. The van der Waals surface area contributed by atoms with Crippen molar-refractivity contribution in [3.05, 3.63) is 0 Å². The second-order valence-electron chi connectivity index (χ2n) is 7.30. The quantitative estimate of drug-likeness (QED) is 0.838. The van der Waals surface area contributed by atoms with Crippen molar-refractivity contribution < 1.29 is 0 Å². The number of hydrogen-bond donors (Lipinski definition) is 1. The van der Waals surface area contributed by atoms with Crippen LogP contribution in [0.25, 0.3) is 0 Å². The average molecular weight is 265 g/mol. The zero-order valence-electron chi connectivity index (χ0n) is 12.8. The number of likely N-dealkylation sites (tertiary alicyclic amines) is 1. The zero-order valence-corrected chi connectivity index (χ0v) is 12.8. The van der Waals surface area contributed by atoms with E-state index >= 15 is 0 Å². The summed E-state index contributed by atoms with van der Waals surface area (Å²) in [4.78, 5) is 5.11. The Kier molecular flexibility index (Phi) is 4.45. The van der Waals surface area contributed by atoms with Gasteiger partial charge >= 0.3 is 0 Å². The summed E-state index contributed by atoms with van der Waals surface area (Å²) in [6.07, 6.45) is 10.1. The van der Waals surface area contributed by atoms with Gasteiger partial charge in [-0.2, -0.15) is 0 Å². The molecule has 3 fully saturated rings. The fourth-order valence-corrected chi connectivity index (χ4v) is 4.62. The predicted octanol–water partition coefficient (Wildman–Crippen LogP) is 1.93. The largest absolute Gasteiger partial charge is 0.310 e. The number of likely N-dealkylation sites (N-methyl/N-ethyl adjacent to an activating group) is 1. The van der Waals surface area contributed by atoms with E-state index in [9.17, 15) is 0 Å². The van der Waals surface area contributed by atoms with Gasteiger partial charge in [0.15, 0.2) is 0 Å². The first kappa shape index (κ1) is 13.8. The molecule has 1 aliphatic carbocycles. The molecule has 0 aromatic heterocycles. The van der Waals surface area contributed by atoms with Crippen LogP contribution in [0.2, 0.25) is 0 Å². The Labute approximate surface area is 118 Å². The highest BCUT2D eigenvalue weighted by Gasteiger charge is 2.37. The van der Waals surface area contributed by atoms with Crippen LogP contribution < -0.4 is 5.32 Å². The summed E-state index contributed by atoms with van der Waals surface area (Å²) < 4.78 is 0. The van der Waals surface area contributed by atoms with Gasteiger partial charge < -0.3 is 10.2 Å². The topological polar surface area (TPSA) is 18.5 Å². The summed E-state index contributed by atoms with van der Waals surface area (Å²) in [5.41, 5.74) is 0. The highest BCUT2D eigenvalue weighted by atomic mass is 15.2. The molecule has 0 aromatic rings. The number of hydrogen-bond acceptors (Lipinski definition) is 3. The summed E-state index contributed by atoms with van der Waals surface area (Å²) in [7, 11) is 4.41. The van der Waals surface area contributed by atoms with Crippen LogP contribution in [-0.2, 0) is 0 Å². The molecule has 0 radical (unpaired) electrons. The molecule has 0 spiro atoms. The van der Waals surface area contributed by atoms with Gasteiger partial charge in [0.05, 0.1) is 0 Å². The summed E-state index contributed by atoms with van der Waals surface area (Å²) in [6, 6.07) is 2.43. The lowest BCUT2D eigenvalue weighted by molar-refractivity contribution is 0.192. The van der Waals surface area contributed by atoms with Crippen molar-refractivity contribution in [2.24, 2.45) is 5.92 Å². The Balaban J connectivity index is 1.51. The van der Waals surface area contributed by atoms with Gasteiger partial charge in [-0.1, -0.05) is 12.8 Å². The average Bonchev–Trinajstić information content (AvgIpc) is 2.95. The van der Waals surface area contributed by atoms with Crippen LogP contribution in [0.3, 0.4) is 0 Å². The van der Waals surface area contributed by atoms with Crippen molar-refractivity contribution in [2.75, 3.05) is 33.7 Å². The van der Waals surface area contributed by atoms with E-state index in [0.717, 1.165) is 24.0 Å². The van der Waals surface area contributed by atoms with E-state index in [2.05, 4.69) is 29.2 Å². The number of rotatable bonds is 4. The van der Waals surface area contributed by atoms with E-state index in [4.69, 9.17) is 0 Å². The molecule has 1 saturated carbocycles. The van der Waals surface area contributed by atoms with E-state index in [1.54, 1.807) is 0 Å². The van der Waals surface area contributed by atoms with Gasteiger partial charge in [-0.05, 0) is 58.7 Å². The molecular weight excluding hydrogens is 234 g/mol. The van der Waals surface area contributed by atoms with Crippen molar-refractivity contribution in [1.82, 2.24) is 15.1 Å². The van der Waals surface area contributed by atoms with E-state index in [1.807, 2.05) is 0 Å². The highest BCUT2D eigenvalue weighted by molar-refractivity contribution is 4.95. The van der Waals surface area contributed by atoms with E-state index in [1.165, 1.54) is 64.6 Å². The Morgan fingerprint density at radius 3 is 2.74 bits per heavy atom. The summed E-state index contributed by atoms with van der Waals surface area (Å²) >= 11 is 0. The van der Waals surface area contributed by atoms with Crippen LogP contribution in [0.5, 0.6) is 0 Å². The minimum atomic E-state index is 0.774. The second-order valence-corrected chi connectivity index (χ2v) is 7.30. The molecule has 2 aliphatic heterocycles. The van der Waals surface area contributed by atoms with Gasteiger partial charge in [0, 0.05) is 31.2 Å². The Hall–Kier alpha value is -0.120. The van der Waals surface area contributed by atoms with Crippen molar-refractivity contribution in [1.29, 1.82) is 0 Å². The van der Waals surface area contributed by atoms with Crippen LogP contribution in [0.4, 0.5) is 0 Å². The van der Waals surface area contributed by atoms with Crippen molar-refractivity contribution in [2.45, 2.75) is 63.1 Å². The maximum atomic E-state index is 3.94. The molecule has 0 aromatic carbocycles. The molecule has 3 heteroatoms. The first-order valence-electron chi connectivity index (χ1n) is 8.37. The van der Waals surface area contributed by atoms with E-state index < -0.39 is 0 Å². The summed E-state index contributed by atoms with van der Waals surface area (Å²) in [6.45, 7) is 3.86. The van der Waals surface area contributed by atoms with Gasteiger partial charge in [-0.15, -0.1) is 0 Å². The van der Waals surface area contributed by atoms with Crippen LogP contribution in [0.15, 0.2) is 0 Å². The molecule has 1 N–H and O–H groups in total. The monoisotopic (exact) mass is 265 g/mol. The lowest BCUT2D eigenvalue weighted by Crippen LogP contribution is -2.45. The maximum absolute atomic E-state index is 3.94. The third kappa shape index (κ3) is 3.32. The Morgan fingerprint density at radius 1 is 1.11 bits per heavy atom. The lowest BCUT2D eigenvalue weighted by Gasteiger charge is -2.29. The van der Waals surface area contributed by atoms with Gasteiger partial charge in [0.1, 0.15) is 0 Å². The van der Waals surface area contributed by atoms with Gasteiger partial charge in [0.25, 0.3) is 0 Å². The minimum Gasteiger partial charge on any atom is -0.310 e. The molecule has 4 atom stereocenters. The number of nitrogens with zero attached hydrogens (tertiary/aromatic N) is 2. The normalized spacial score (nSPS) is 39.9. The van der Waals surface area contributed by atoms with E-state index in [0.29, 0.717) is 0 Å². The van der Waals surface area contributed by atoms with Crippen LogP contribution in [0, 0.1) is 5.92 Å². The highest BCUT2D eigenvalue weighted by Crippen LogP contribution is 2.34. The molecule has 3 rings (SSSR count). The molecular formula is C16H31N3. The number of nitrogens with one attached hydrogen (secondary N) is 1. The van der Waals surface area contributed by atoms with Crippen LogP contribution >= 0.6 is 0 Å². The smallest absolute Gasteiger partial charge is 0.0224 e. The van der Waals surface area contributed by atoms with Crippen molar-refractivity contribution >= 4 is 0 Å². The van der Waals surface area contributed by atoms with Crippen molar-refractivity contribution in [3.8, 4) is 0 Å².